The summed E-state index contributed by atoms with van der Waals surface area (Å²) in [7, 11) is 0. The van der Waals surface area contributed by atoms with E-state index in [0.29, 0.717) is 6.54 Å². The van der Waals surface area contributed by atoms with Crippen LogP contribution < -0.4 is 4.90 Å². The van der Waals surface area contributed by atoms with Crippen LogP contribution in [0.15, 0.2) is 18.3 Å². The summed E-state index contributed by atoms with van der Waals surface area (Å²) < 4.78 is 2.13. The highest BCUT2D eigenvalue weighted by atomic mass is 32.1. The summed E-state index contributed by atoms with van der Waals surface area (Å²) in [6, 6.07) is 4.23. The average Bonchev–Trinajstić information content (AvgIpc) is 3.26. The number of carboxylic acid groups (broad SMARTS) is 1. The van der Waals surface area contributed by atoms with Gasteiger partial charge in [0.15, 0.2) is 0 Å². The van der Waals surface area contributed by atoms with Gasteiger partial charge in [0.05, 0.1) is 5.92 Å². The maximum Gasteiger partial charge on any atom is 0.308 e. The van der Waals surface area contributed by atoms with Crippen LogP contribution in [0.3, 0.4) is 0 Å². The first-order chi connectivity index (χ1) is 13.2. The van der Waals surface area contributed by atoms with Crippen molar-refractivity contribution in [1.82, 2.24) is 19.7 Å². The summed E-state index contributed by atoms with van der Waals surface area (Å²) in [5.74, 6) is -1.02. The predicted molar refractivity (Wildman–Crippen MR) is 106 cm³/mol. The van der Waals surface area contributed by atoms with E-state index in [-0.39, 0.29) is 5.92 Å². The fourth-order valence-corrected chi connectivity index (χ4v) is 4.94. The Morgan fingerprint density at radius 3 is 2.67 bits per heavy atom. The first-order valence-electron chi connectivity index (χ1n) is 9.91. The molecule has 2 fully saturated rings. The van der Waals surface area contributed by atoms with Gasteiger partial charge in [-0.15, -0.1) is 10.2 Å². The lowest BCUT2D eigenvalue weighted by atomic mass is 9.99. The number of carbonyl (C=O) groups is 1. The molecule has 1 N–H and O–H groups in total. The molecular formula is C19H27N5O2S. The molecule has 8 heteroatoms. The molecule has 0 radical (unpaired) electrons. The Bertz CT molecular complexity index is 766. The van der Waals surface area contributed by atoms with Crippen LogP contribution in [0.2, 0.25) is 0 Å². The van der Waals surface area contributed by atoms with Gasteiger partial charge in [-0.05, 0) is 50.9 Å². The molecule has 2 aliphatic rings. The third kappa shape index (κ3) is 4.32. The number of aliphatic carboxylic acids is 1. The molecule has 0 unspecified atom stereocenters. The summed E-state index contributed by atoms with van der Waals surface area (Å²) >= 11 is 1.55. The molecule has 2 saturated heterocycles. The Morgan fingerprint density at radius 1 is 1.11 bits per heavy atom. The highest BCUT2D eigenvalue weighted by molar-refractivity contribution is 7.17. The van der Waals surface area contributed by atoms with E-state index in [9.17, 15) is 9.90 Å². The summed E-state index contributed by atoms with van der Waals surface area (Å²) in [5, 5.41) is 19.7. The number of nitrogens with zero attached hydrogens (tertiary/aromatic N) is 5. The Balaban J connectivity index is 1.47. The van der Waals surface area contributed by atoms with Crippen LogP contribution in [0, 0.1) is 5.92 Å². The van der Waals surface area contributed by atoms with Crippen LogP contribution >= 0.6 is 11.3 Å². The zero-order chi connectivity index (χ0) is 18.6. The van der Waals surface area contributed by atoms with Gasteiger partial charge in [-0.2, -0.15) is 0 Å². The van der Waals surface area contributed by atoms with Crippen molar-refractivity contribution in [1.29, 1.82) is 0 Å². The Labute approximate surface area is 163 Å². The molecule has 146 valence electrons. The first kappa shape index (κ1) is 18.4. The van der Waals surface area contributed by atoms with Crippen LogP contribution in [-0.2, 0) is 11.3 Å². The lowest BCUT2D eigenvalue weighted by Crippen LogP contribution is -2.38. The largest absolute Gasteiger partial charge is 0.481 e. The van der Waals surface area contributed by atoms with Crippen molar-refractivity contribution in [2.45, 2.75) is 45.1 Å². The van der Waals surface area contributed by atoms with Crippen LogP contribution in [-0.4, -0.2) is 56.9 Å². The molecule has 7 nitrogen and oxygen atoms in total. The number of likely N-dealkylation sites (tertiary alicyclic amines) is 1. The summed E-state index contributed by atoms with van der Waals surface area (Å²) in [4.78, 5) is 15.9. The maximum atomic E-state index is 11.3. The smallest absolute Gasteiger partial charge is 0.308 e. The monoisotopic (exact) mass is 389 g/mol. The number of hydrogen-bond donors (Lipinski definition) is 1. The van der Waals surface area contributed by atoms with Crippen molar-refractivity contribution < 1.29 is 9.90 Å². The third-order valence-corrected chi connectivity index (χ3v) is 6.55. The van der Waals surface area contributed by atoms with Gasteiger partial charge in [0.2, 0.25) is 10.3 Å². The standard InChI is InChI=1S/C19H27N5O2S/c25-17(26)15-7-5-11-23(13-15)18-20-21-19(27-18)24-12-6-8-16(24)14-22-9-3-1-2-4-10-22/h6,8,12,15H,1-5,7,9-11,13-14H2,(H,25,26)/t15-/m1/s1. The number of piperidine rings is 1. The molecule has 0 aliphatic carbocycles. The molecule has 27 heavy (non-hydrogen) atoms. The van der Waals surface area contributed by atoms with E-state index < -0.39 is 5.97 Å². The van der Waals surface area contributed by atoms with Crippen LogP contribution in [0.4, 0.5) is 5.13 Å². The first-order valence-corrected chi connectivity index (χ1v) is 10.7. The third-order valence-electron chi connectivity index (χ3n) is 5.57. The Morgan fingerprint density at radius 2 is 1.89 bits per heavy atom. The fraction of sp³-hybridized carbons (Fsp3) is 0.632. The zero-order valence-corrected chi connectivity index (χ0v) is 16.4. The molecule has 1 atom stereocenters. The van der Waals surface area contributed by atoms with Gasteiger partial charge in [-0.3, -0.25) is 14.3 Å². The highest BCUT2D eigenvalue weighted by Gasteiger charge is 2.27. The van der Waals surface area contributed by atoms with Crippen molar-refractivity contribution in [3.63, 3.8) is 0 Å². The maximum absolute atomic E-state index is 11.3. The van der Waals surface area contributed by atoms with E-state index in [4.69, 9.17) is 0 Å². The number of hydrogen-bond acceptors (Lipinski definition) is 6. The summed E-state index contributed by atoms with van der Waals surface area (Å²) in [6.45, 7) is 4.64. The minimum absolute atomic E-state index is 0.309. The van der Waals surface area contributed by atoms with E-state index in [1.807, 2.05) is 6.20 Å². The van der Waals surface area contributed by atoms with Gasteiger partial charge in [0.25, 0.3) is 0 Å². The summed E-state index contributed by atoms with van der Waals surface area (Å²) in [6.07, 6.45) is 8.92. The quantitative estimate of drug-likeness (QED) is 0.847. The number of rotatable bonds is 5. The SMILES string of the molecule is O=C(O)[C@@H]1CCCN(c2nnc(-n3cccc3CN3CCCCCC3)s2)C1. The highest BCUT2D eigenvalue weighted by Crippen LogP contribution is 2.29. The lowest BCUT2D eigenvalue weighted by molar-refractivity contribution is -0.141. The van der Waals surface area contributed by atoms with Crippen LogP contribution in [0.1, 0.15) is 44.2 Å². The number of anilines is 1. The van der Waals surface area contributed by atoms with Crippen LogP contribution in [0.25, 0.3) is 5.13 Å². The molecule has 0 saturated carbocycles. The molecule has 0 bridgehead atoms. The molecule has 2 aliphatic heterocycles. The van der Waals surface area contributed by atoms with Crippen molar-refractivity contribution in [3.8, 4) is 5.13 Å². The van der Waals surface area contributed by atoms with Gasteiger partial charge in [0, 0.05) is 31.5 Å². The van der Waals surface area contributed by atoms with Crippen molar-refractivity contribution >= 4 is 22.4 Å². The molecule has 0 aromatic carbocycles. The fourth-order valence-electron chi connectivity index (χ4n) is 4.04. The van der Waals surface area contributed by atoms with Crippen molar-refractivity contribution in [3.05, 3.63) is 24.0 Å². The second-order valence-electron chi connectivity index (χ2n) is 7.55. The Hall–Kier alpha value is -1.93. The van der Waals surface area contributed by atoms with E-state index in [0.717, 1.165) is 49.3 Å². The van der Waals surface area contributed by atoms with Gasteiger partial charge >= 0.3 is 5.97 Å². The van der Waals surface area contributed by atoms with Gasteiger partial charge in [-0.1, -0.05) is 24.2 Å². The molecule has 4 rings (SSSR count). The molecule has 4 heterocycles. The van der Waals surface area contributed by atoms with E-state index >= 15 is 0 Å². The minimum atomic E-state index is -0.713. The minimum Gasteiger partial charge on any atom is -0.481 e. The van der Waals surface area contributed by atoms with Crippen molar-refractivity contribution in [2.75, 3.05) is 31.1 Å². The molecule has 2 aromatic rings. The topological polar surface area (TPSA) is 74.5 Å². The molecule has 0 amide bonds. The van der Waals surface area contributed by atoms with E-state index in [1.54, 1.807) is 11.3 Å². The summed E-state index contributed by atoms with van der Waals surface area (Å²) in [5.41, 5.74) is 1.24. The molecule has 0 spiro atoms. The van der Waals surface area contributed by atoms with Gasteiger partial charge < -0.3 is 10.0 Å². The Kier molecular flexibility index (Phi) is 5.73. The average molecular weight is 390 g/mol. The molecule has 2 aromatic heterocycles. The zero-order valence-electron chi connectivity index (χ0n) is 15.6. The normalized spacial score (nSPS) is 21.9. The van der Waals surface area contributed by atoms with Gasteiger partial charge in [-0.25, -0.2) is 0 Å². The van der Waals surface area contributed by atoms with Gasteiger partial charge in [0.1, 0.15) is 0 Å². The number of aromatic nitrogens is 3. The van der Waals surface area contributed by atoms with Crippen molar-refractivity contribution in [2.24, 2.45) is 5.92 Å². The lowest BCUT2D eigenvalue weighted by Gasteiger charge is -2.29. The van der Waals surface area contributed by atoms with E-state index in [2.05, 4.69) is 36.7 Å². The number of carboxylic acids is 1. The van der Waals surface area contributed by atoms with E-state index in [1.165, 1.54) is 31.4 Å². The molecular weight excluding hydrogens is 362 g/mol. The second kappa shape index (κ2) is 8.39. The predicted octanol–water partition coefficient (Wildman–Crippen LogP) is 3.01. The van der Waals surface area contributed by atoms with Crippen LogP contribution in [0.5, 0.6) is 0 Å². The second-order valence-corrected chi connectivity index (χ2v) is 8.48.